The fourth-order valence-corrected chi connectivity index (χ4v) is 4.06. The Morgan fingerprint density at radius 2 is 1.73 bits per heavy atom. The Hall–Kier alpha value is -3.95. The zero-order valence-corrected chi connectivity index (χ0v) is 17.6. The summed E-state index contributed by atoms with van der Waals surface area (Å²) in [7, 11) is 0. The summed E-state index contributed by atoms with van der Waals surface area (Å²) in [6.07, 6.45) is 9.94. The van der Waals surface area contributed by atoms with Gasteiger partial charge < -0.3 is 14.8 Å². The Kier molecular flexibility index (Phi) is 5.64. The van der Waals surface area contributed by atoms with E-state index < -0.39 is 5.97 Å². The van der Waals surface area contributed by atoms with E-state index in [1.165, 1.54) is 12.1 Å². The second-order valence-electron chi connectivity index (χ2n) is 8.15. The molecule has 4 aromatic rings. The lowest BCUT2D eigenvalue weighted by molar-refractivity contribution is -0.138. The monoisotopic (exact) mass is 448 g/mol. The van der Waals surface area contributed by atoms with Gasteiger partial charge >= 0.3 is 12.0 Å². The minimum atomic E-state index is -0.749. The third kappa shape index (κ3) is 4.79. The fraction of sp³-hybridized carbons (Fsp3) is 0.304. The van der Waals surface area contributed by atoms with Crippen LogP contribution in [-0.4, -0.2) is 47.1 Å². The molecule has 0 radical (unpaired) electrons. The summed E-state index contributed by atoms with van der Waals surface area (Å²) in [5.74, 6) is 0.150. The molecule has 0 bridgehead atoms. The zero-order valence-electron chi connectivity index (χ0n) is 17.6. The van der Waals surface area contributed by atoms with Crippen molar-refractivity contribution in [2.45, 2.75) is 38.2 Å². The van der Waals surface area contributed by atoms with Crippen LogP contribution in [-0.2, 0) is 4.79 Å². The molecule has 0 atom stereocenters. The van der Waals surface area contributed by atoms with E-state index in [1.807, 2.05) is 0 Å². The van der Waals surface area contributed by atoms with Gasteiger partial charge in [0.1, 0.15) is 17.7 Å². The molecule has 0 saturated heterocycles. The third-order valence-corrected chi connectivity index (χ3v) is 5.78. The minimum Gasteiger partial charge on any atom is -0.481 e. The van der Waals surface area contributed by atoms with Crippen molar-refractivity contribution in [1.82, 2.24) is 29.9 Å². The molecule has 10 heteroatoms. The highest BCUT2D eigenvalue weighted by Gasteiger charge is 2.24. The quantitative estimate of drug-likeness (QED) is 0.453. The number of carboxylic acid groups (broad SMARTS) is 1. The summed E-state index contributed by atoms with van der Waals surface area (Å²) >= 11 is 0. The molecular formula is C23H21FN6O3. The van der Waals surface area contributed by atoms with Crippen LogP contribution in [0.3, 0.4) is 0 Å². The predicted molar refractivity (Wildman–Crippen MR) is 117 cm³/mol. The number of hydrogen-bond acceptors (Lipinski definition) is 7. The fourth-order valence-electron chi connectivity index (χ4n) is 4.06. The SMILES string of the molecule is O=C(O)C[C@H]1CC[C@H](Oc2ncc(-c3ncc(-c4nc5ccc(F)cc5[nH]4)cn3)cn2)CC1. The Bertz CT molecular complexity index is 1270. The van der Waals surface area contributed by atoms with Gasteiger partial charge in [-0.2, -0.15) is 0 Å². The molecule has 1 aromatic carbocycles. The van der Waals surface area contributed by atoms with Gasteiger partial charge in [-0.15, -0.1) is 0 Å². The van der Waals surface area contributed by atoms with Crippen LogP contribution in [0.25, 0.3) is 33.8 Å². The number of benzene rings is 1. The number of aromatic amines is 1. The number of hydrogen-bond donors (Lipinski definition) is 2. The van der Waals surface area contributed by atoms with Crippen LogP contribution in [0.15, 0.2) is 43.0 Å². The molecule has 5 rings (SSSR count). The van der Waals surface area contributed by atoms with Crippen LogP contribution in [0.5, 0.6) is 6.01 Å². The summed E-state index contributed by atoms with van der Waals surface area (Å²) < 4.78 is 19.3. The van der Waals surface area contributed by atoms with Gasteiger partial charge in [0.15, 0.2) is 5.82 Å². The predicted octanol–water partition coefficient (Wildman–Crippen LogP) is 4.03. The van der Waals surface area contributed by atoms with Crippen molar-refractivity contribution in [1.29, 1.82) is 0 Å². The second kappa shape index (κ2) is 8.89. The van der Waals surface area contributed by atoms with Crippen LogP contribution in [0.4, 0.5) is 4.39 Å². The maximum absolute atomic E-state index is 13.4. The molecule has 0 unspecified atom stereocenters. The lowest BCUT2D eigenvalue weighted by atomic mass is 9.85. The van der Waals surface area contributed by atoms with E-state index in [9.17, 15) is 9.18 Å². The summed E-state index contributed by atoms with van der Waals surface area (Å²) in [5, 5.41) is 8.92. The normalized spacial score (nSPS) is 18.3. The van der Waals surface area contributed by atoms with Crippen molar-refractivity contribution in [2.75, 3.05) is 0 Å². The molecule has 0 aliphatic heterocycles. The number of carbonyl (C=O) groups is 1. The molecule has 1 aliphatic rings. The highest BCUT2D eigenvalue weighted by Crippen LogP contribution is 2.29. The van der Waals surface area contributed by atoms with Gasteiger partial charge in [-0.05, 0) is 49.8 Å². The molecule has 3 heterocycles. The number of imidazole rings is 1. The number of rotatable bonds is 6. The van der Waals surface area contributed by atoms with Crippen LogP contribution >= 0.6 is 0 Å². The van der Waals surface area contributed by atoms with Crippen molar-refractivity contribution >= 4 is 17.0 Å². The molecular weight excluding hydrogens is 427 g/mol. The van der Waals surface area contributed by atoms with Gasteiger partial charge in [0.25, 0.3) is 0 Å². The Morgan fingerprint density at radius 1 is 1.03 bits per heavy atom. The number of ether oxygens (including phenoxy) is 1. The smallest absolute Gasteiger partial charge is 0.316 e. The first-order chi connectivity index (χ1) is 16.0. The summed E-state index contributed by atoms with van der Waals surface area (Å²) in [4.78, 5) is 35.7. The average Bonchev–Trinajstić information content (AvgIpc) is 3.24. The standard InChI is InChI=1S/C23H21FN6O3/c24-16-3-6-18-19(8-16)30-22(29-18)15-9-25-21(26-10-15)14-11-27-23(28-12-14)33-17-4-1-13(2-5-17)7-20(31)32/h3,6,8-13,17H,1-2,4-5,7H2,(H,29,30)(H,31,32)/t13-,17-. The highest BCUT2D eigenvalue weighted by molar-refractivity contribution is 5.79. The third-order valence-electron chi connectivity index (χ3n) is 5.78. The number of nitrogens with zero attached hydrogens (tertiary/aromatic N) is 5. The van der Waals surface area contributed by atoms with Crippen molar-refractivity contribution in [3.8, 4) is 28.8 Å². The Morgan fingerprint density at radius 3 is 2.42 bits per heavy atom. The highest BCUT2D eigenvalue weighted by atomic mass is 19.1. The summed E-state index contributed by atoms with van der Waals surface area (Å²) in [6.45, 7) is 0. The molecule has 1 saturated carbocycles. The molecule has 0 spiro atoms. The minimum absolute atomic E-state index is 0.00582. The van der Waals surface area contributed by atoms with Crippen LogP contribution in [0.1, 0.15) is 32.1 Å². The van der Waals surface area contributed by atoms with Gasteiger partial charge in [0.05, 0.1) is 22.2 Å². The van der Waals surface area contributed by atoms with Crippen LogP contribution in [0, 0.1) is 11.7 Å². The van der Waals surface area contributed by atoms with Crippen LogP contribution in [0.2, 0.25) is 0 Å². The molecule has 3 aromatic heterocycles. The van der Waals surface area contributed by atoms with Crippen molar-refractivity contribution in [3.63, 3.8) is 0 Å². The first-order valence-corrected chi connectivity index (χ1v) is 10.7. The Labute approximate surface area is 188 Å². The van der Waals surface area contributed by atoms with Gasteiger partial charge in [-0.1, -0.05) is 0 Å². The van der Waals surface area contributed by atoms with Crippen LogP contribution < -0.4 is 4.74 Å². The number of aliphatic carboxylic acids is 1. The van der Waals surface area contributed by atoms with Gasteiger partial charge in [-0.25, -0.2) is 29.3 Å². The van der Waals surface area contributed by atoms with Gasteiger partial charge in [0, 0.05) is 31.2 Å². The lowest BCUT2D eigenvalue weighted by Crippen LogP contribution is -2.25. The first kappa shape index (κ1) is 20.9. The summed E-state index contributed by atoms with van der Waals surface area (Å²) in [6, 6.07) is 4.66. The second-order valence-corrected chi connectivity index (χ2v) is 8.15. The zero-order chi connectivity index (χ0) is 22.8. The number of nitrogens with one attached hydrogen (secondary N) is 1. The molecule has 0 amide bonds. The first-order valence-electron chi connectivity index (χ1n) is 10.7. The number of aromatic nitrogens is 6. The van der Waals surface area contributed by atoms with E-state index in [1.54, 1.807) is 30.9 Å². The Balaban J connectivity index is 1.22. The molecule has 9 nitrogen and oxygen atoms in total. The maximum Gasteiger partial charge on any atom is 0.316 e. The lowest BCUT2D eigenvalue weighted by Gasteiger charge is -2.27. The molecule has 33 heavy (non-hydrogen) atoms. The summed E-state index contributed by atoms with van der Waals surface area (Å²) in [5.41, 5.74) is 2.59. The van der Waals surface area contributed by atoms with E-state index in [0.29, 0.717) is 33.8 Å². The molecule has 1 aliphatic carbocycles. The van der Waals surface area contributed by atoms with E-state index in [0.717, 1.165) is 25.7 Å². The number of H-pyrrole nitrogens is 1. The number of carboxylic acids is 1. The average molecular weight is 448 g/mol. The van der Waals surface area contributed by atoms with E-state index in [4.69, 9.17) is 9.84 Å². The van der Waals surface area contributed by atoms with Gasteiger partial charge in [-0.3, -0.25) is 4.79 Å². The maximum atomic E-state index is 13.4. The van der Waals surface area contributed by atoms with Gasteiger partial charge in [0.2, 0.25) is 0 Å². The van der Waals surface area contributed by atoms with E-state index in [2.05, 4.69) is 29.9 Å². The van der Waals surface area contributed by atoms with Crippen molar-refractivity contribution in [2.24, 2.45) is 5.92 Å². The topological polar surface area (TPSA) is 127 Å². The molecule has 1 fully saturated rings. The molecule has 168 valence electrons. The van der Waals surface area contributed by atoms with Crippen molar-refractivity contribution < 1.29 is 19.0 Å². The van der Waals surface area contributed by atoms with Crippen molar-refractivity contribution in [3.05, 3.63) is 48.8 Å². The molecule has 2 N–H and O–H groups in total. The van der Waals surface area contributed by atoms with E-state index in [-0.39, 0.29) is 30.3 Å². The number of fused-ring (bicyclic) bond motifs is 1. The largest absolute Gasteiger partial charge is 0.481 e. The van der Waals surface area contributed by atoms with E-state index >= 15 is 0 Å². The number of halogens is 1.